The van der Waals surface area contributed by atoms with Crippen molar-refractivity contribution in [1.82, 2.24) is 0 Å². The molecule has 0 N–H and O–H groups in total. The Balaban J connectivity index is 2.33. The van der Waals surface area contributed by atoms with Gasteiger partial charge in [0.2, 0.25) is 0 Å². The molecule has 94 valence electrons. The highest BCUT2D eigenvalue weighted by molar-refractivity contribution is 5.30. The molecule has 2 rings (SSSR count). The SMILES string of the molecule is COC1(c2cccc(C(C)C)c2)CCOCC1. The Morgan fingerprint density at radius 3 is 2.53 bits per heavy atom. The molecular weight excluding hydrogens is 212 g/mol. The molecule has 1 aromatic carbocycles. The van der Waals surface area contributed by atoms with Gasteiger partial charge in [0.15, 0.2) is 0 Å². The predicted octanol–water partition coefficient (Wildman–Crippen LogP) is 3.46. The summed E-state index contributed by atoms with van der Waals surface area (Å²) >= 11 is 0. The maximum absolute atomic E-state index is 5.82. The lowest BCUT2D eigenvalue weighted by atomic mass is 9.84. The fourth-order valence-electron chi connectivity index (χ4n) is 2.49. The van der Waals surface area contributed by atoms with E-state index in [4.69, 9.17) is 9.47 Å². The first-order valence-corrected chi connectivity index (χ1v) is 6.41. The van der Waals surface area contributed by atoms with E-state index in [0.29, 0.717) is 5.92 Å². The summed E-state index contributed by atoms with van der Waals surface area (Å²) in [6.07, 6.45) is 1.90. The summed E-state index contributed by atoms with van der Waals surface area (Å²) in [6.45, 7) is 6.03. The lowest BCUT2D eigenvalue weighted by molar-refractivity contribution is -0.0948. The van der Waals surface area contributed by atoms with Crippen LogP contribution in [0.15, 0.2) is 24.3 Å². The van der Waals surface area contributed by atoms with Gasteiger partial charge in [0.1, 0.15) is 0 Å². The van der Waals surface area contributed by atoms with Gasteiger partial charge in [-0.15, -0.1) is 0 Å². The zero-order valence-electron chi connectivity index (χ0n) is 11.0. The van der Waals surface area contributed by atoms with Crippen molar-refractivity contribution in [2.75, 3.05) is 20.3 Å². The van der Waals surface area contributed by atoms with E-state index in [1.165, 1.54) is 11.1 Å². The third-order valence-corrected chi connectivity index (χ3v) is 3.77. The standard InChI is InChI=1S/C15H22O2/c1-12(2)13-5-4-6-14(11-13)15(16-3)7-9-17-10-8-15/h4-6,11-12H,7-10H2,1-3H3. The minimum atomic E-state index is -0.136. The van der Waals surface area contributed by atoms with Crippen molar-refractivity contribution in [3.8, 4) is 0 Å². The van der Waals surface area contributed by atoms with Gasteiger partial charge >= 0.3 is 0 Å². The number of hydrogen-bond acceptors (Lipinski definition) is 2. The average molecular weight is 234 g/mol. The molecule has 0 radical (unpaired) electrons. The van der Waals surface area contributed by atoms with E-state index in [-0.39, 0.29) is 5.60 Å². The summed E-state index contributed by atoms with van der Waals surface area (Å²) in [4.78, 5) is 0. The molecule has 1 aromatic rings. The van der Waals surface area contributed by atoms with Crippen molar-refractivity contribution in [3.63, 3.8) is 0 Å². The number of rotatable bonds is 3. The largest absolute Gasteiger partial charge is 0.381 e. The summed E-state index contributed by atoms with van der Waals surface area (Å²) in [6, 6.07) is 8.80. The second-order valence-electron chi connectivity index (χ2n) is 5.09. The van der Waals surface area contributed by atoms with Gasteiger partial charge in [-0.1, -0.05) is 38.1 Å². The summed E-state index contributed by atoms with van der Waals surface area (Å²) in [5.74, 6) is 0.559. The van der Waals surface area contributed by atoms with E-state index < -0.39 is 0 Å². The molecule has 0 aliphatic carbocycles. The van der Waals surface area contributed by atoms with E-state index in [2.05, 4.69) is 38.1 Å². The van der Waals surface area contributed by atoms with Gasteiger partial charge in [-0.2, -0.15) is 0 Å². The second-order valence-corrected chi connectivity index (χ2v) is 5.09. The van der Waals surface area contributed by atoms with Crippen molar-refractivity contribution < 1.29 is 9.47 Å². The van der Waals surface area contributed by atoms with E-state index in [0.717, 1.165) is 26.1 Å². The lowest BCUT2D eigenvalue weighted by Crippen LogP contribution is -2.35. The molecule has 1 aliphatic rings. The minimum absolute atomic E-state index is 0.136. The minimum Gasteiger partial charge on any atom is -0.381 e. The molecule has 0 spiro atoms. The summed E-state index contributed by atoms with van der Waals surface area (Å²) in [5.41, 5.74) is 2.54. The van der Waals surface area contributed by atoms with Crippen molar-refractivity contribution in [1.29, 1.82) is 0 Å². The summed E-state index contributed by atoms with van der Waals surface area (Å²) < 4.78 is 11.3. The first kappa shape index (κ1) is 12.6. The van der Waals surface area contributed by atoms with E-state index in [1.54, 1.807) is 0 Å². The topological polar surface area (TPSA) is 18.5 Å². The fourth-order valence-corrected chi connectivity index (χ4v) is 2.49. The average Bonchev–Trinajstić information content (AvgIpc) is 2.39. The van der Waals surface area contributed by atoms with E-state index in [9.17, 15) is 0 Å². The Morgan fingerprint density at radius 1 is 1.24 bits per heavy atom. The van der Waals surface area contributed by atoms with Crippen LogP contribution in [0.2, 0.25) is 0 Å². The zero-order valence-corrected chi connectivity index (χ0v) is 11.0. The Bertz CT molecular complexity index is 365. The fraction of sp³-hybridized carbons (Fsp3) is 0.600. The first-order chi connectivity index (χ1) is 8.18. The van der Waals surface area contributed by atoms with Crippen LogP contribution in [0, 0.1) is 0 Å². The van der Waals surface area contributed by atoms with Crippen LogP contribution in [-0.4, -0.2) is 20.3 Å². The molecule has 2 heteroatoms. The van der Waals surface area contributed by atoms with Gasteiger partial charge in [-0.3, -0.25) is 0 Å². The van der Waals surface area contributed by atoms with Crippen molar-refractivity contribution in [2.24, 2.45) is 0 Å². The molecule has 17 heavy (non-hydrogen) atoms. The summed E-state index contributed by atoms with van der Waals surface area (Å²) in [5, 5.41) is 0. The van der Waals surface area contributed by atoms with Crippen LogP contribution in [-0.2, 0) is 15.1 Å². The Kier molecular flexibility index (Phi) is 3.85. The molecular formula is C15H22O2. The van der Waals surface area contributed by atoms with Gasteiger partial charge in [0.25, 0.3) is 0 Å². The maximum Gasteiger partial charge on any atom is 0.0971 e. The molecule has 1 aliphatic heterocycles. The highest BCUT2D eigenvalue weighted by atomic mass is 16.5. The van der Waals surface area contributed by atoms with Gasteiger partial charge in [-0.05, 0) is 17.0 Å². The Morgan fingerprint density at radius 2 is 1.94 bits per heavy atom. The van der Waals surface area contributed by atoms with E-state index >= 15 is 0 Å². The normalized spacial score (nSPS) is 19.5. The highest BCUT2D eigenvalue weighted by Crippen LogP contribution is 2.36. The highest BCUT2D eigenvalue weighted by Gasteiger charge is 2.34. The van der Waals surface area contributed by atoms with Gasteiger partial charge in [0, 0.05) is 33.2 Å². The Labute approximate surface area is 104 Å². The van der Waals surface area contributed by atoms with Gasteiger partial charge in [-0.25, -0.2) is 0 Å². The number of benzene rings is 1. The molecule has 0 unspecified atom stereocenters. The quantitative estimate of drug-likeness (QED) is 0.797. The van der Waals surface area contributed by atoms with Crippen LogP contribution in [0.4, 0.5) is 0 Å². The van der Waals surface area contributed by atoms with Crippen LogP contribution >= 0.6 is 0 Å². The second kappa shape index (κ2) is 5.19. The van der Waals surface area contributed by atoms with Crippen molar-refractivity contribution in [3.05, 3.63) is 35.4 Å². The van der Waals surface area contributed by atoms with Crippen LogP contribution in [0.1, 0.15) is 43.7 Å². The molecule has 0 amide bonds. The molecule has 0 aromatic heterocycles. The van der Waals surface area contributed by atoms with Crippen LogP contribution in [0.5, 0.6) is 0 Å². The third-order valence-electron chi connectivity index (χ3n) is 3.77. The van der Waals surface area contributed by atoms with Crippen LogP contribution in [0.3, 0.4) is 0 Å². The van der Waals surface area contributed by atoms with Crippen LogP contribution < -0.4 is 0 Å². The molecule has 1 saturated heterocycles. The number of methoxy groups -OCH3 is 1. The molecule has 2 nitrogen and oxygen atoms in total. The zero-order chi connectivity index (χ0) is 12.3. The van der Waals surface area contributed by atoms with Crippen molar-refractivity contribution in [2.45, 2.75) is 38.2 Å². The van der Waals surface area contributed by atoms with Crippen molar-refractivity contribution >= 4 is 0 Å². The number of ether oxygens (including phenoxy) is 2. The molecule has 0 atom stereocenters. The monoisotopic (exact) mass is 234 g/mol. The molecule has 1 fully saturated rings. The first-order valence-electron chi connectivity index (χ1n) is 6.41. The van der Waals surface area contributed by atoms with Crippen LogP contribution in [0.25, 0.3) is 0 Å². The molecule has 0 bridgehead atoms. The van der Waals surface area contributed by atoms with Gasteiger partial charge in [0.05, 0.1) is 5.60 Å². The van der Waals surface area contributed by atoms with Gasteiger partial charge < -0.3 is 9.47 Å². The third kappa shape index (κ3) is 2.53. The number of hydrogen-bond donors (Lipinski definition) is 0. The molecule has 1 heterocycles. The predicted molar refractivity (Wildman–Crippen MR) is 69.3 cm³/mol. The maximum atomic E-state index is 5.82. The summed E-state index contributed by atoms with van der Waals surface area (Å²) in [7, 11) is 1.81. The Hall–Kier alpha value is -0.860. The molecule has 0 saturated carbocycles. The van der Waals surface area contributed by atoms with E-state index in [1.807, 2.05) is 7.11 Å². The lowest BCUT2D eigenvalue weighted by Gasteiger charge is -2.36. The smallest absolute Gasteiger partial charge is 0.0971 e.